The highest BCUT2D eigenvalue weighted by Gasteiger charge is 2.16. The van der Waals surface area contributed by atoms with Crippen molar-refractivity contribution in [2.45, 2.75) is 6.54 Å². The zero-order valence-corrected chi connectivity index (χ0v) is 17.3. The predicted molar refractivity (Wildman–Crippen MR) is 122 cm³/mol. The number of carbonyl (C=O) groups excluding carboxylic acids is 1. The summed E-state index contributed by atoms with van der Waals surface area (Å²) in [6.07, 6.45) is 0. The van der Waals surface area contributed by atoms with Crippen LogP contribution >= 0.6 is 0 Å². The molecule has 156 valence electrons. The average Bonchev–Trinajstić information content (AvgIpc) is 2.81. The predicted octanol–water partition coefficient (Wildman–Crippen LogP) is 3.81. The van der Waals surface area contributed by atoms with Crippen molar-refractivity contribution in [3.63, 3.8) is 0 Å². The molecule has 4 rings (SSSR count). The van der Waals surface area contributed by atoms with Crippen LogP contribution in [0.3, 0.4) is 0 Å². The van der Waals surface area contributed by atoms with Crippen LogP contribution in [0.5, 0.6) is 5.75 Å². The third kappa shape index (κ3) is 4.25. The molecule has 0 aliphatic rings. The Kier molecular flexibility index (Phi) is 5.66. The molecule has 0 saturated heterocycles. The second kappa shape index (κ2) is 8.71. The van der Waals surface area contributed by atoms with Crippen molar-refractivity contribution in [3.8, 4) is 5.75 Å². The van der Waals surface area contributed by atoms with Gasteiger partial charge in [-0.1, -0.05) is 36.4 Å². The van der Waals surface area contributed by atoms with Crippen LogP contribution in [-0.4, -0.2) is 29.6 Å². The van der Waals surface area contributed by atoms with Gasteiger partial charge in [0.05, 0.1) is 12.6 Å². The lowest BCUT2D eigenvalue weighted by Crippen LogP contribution is -2.31. The zero-order valence-electron chi connectivity index (χ0n) is 17.3. The van der Waals surface area contributed by atoms with Crippen molar-refractivity contribution in [2.75, 3.05) is 24.4 Å². The van der Waals surface area contributed by atoms with Gasteiger partial charge in [-0.05, 0) is 36.4 Å². The van der Waals surface area contributed by atoms with E-state index in [4.69, 9.17) is 4.74 Å². The minimum Gasteiger partial charge on any atom is -0.497 e. The van der Waals surface area contributed by atoms with Crippen molar-refractivity contribution < 1.29 is 9.53 Å². The van der Waals surface area contributed by atoms with Gasteiger partial charge in [0.15, 0.2) is 0 Å². The van der Waals surface area contributed by atoms with Crippen molar-refractivity contribution in [1.29, 1.82) is 0 Å². The molecule has 0 aliphatic carbocycles. The van der Waals surface area contributed by atoms with E-state index in [1.807, 2.05) is 66.5 Å². The normalized spacial score (nSPS) is 10.6. The molecule has 31 heavy (non-hydrogen) atoms. The van der Waals surface area contributed by atoms with E-state index in [1.165, 1.54) is 4.57 Å². The molecular formula is C24H22N4O3. The number of hydrogen-bond donors (Lipinski definition) is 1. The number of nitrogens with one attached hydrogen (secondary N) is 1. The topological polar surface area (TPSA) is 76.5 Å². The van der Waals surface area contributed by atoms with E-state index in [0.717, 1.165) is 11.1 Å². The lowest BCUT2D eigenvalue weighted by molar-refractivity contribution is -0.116. The molecule has 4 aromatic rings. The van der Waals surface area contributed by atoms with Gasteiger partial charge >= 0.3 is 5.69 Å². The van der Waals surface area contributed by atoms with Gasteiger partial charge < -0.3 is 15.0 Å². The Hall–Kier alpha value is -4.13. The average molecular weight is 414 g/mol. The van der Waals surface area contributed by atoms with Gasteiger partial charge in [0.2, 0.25) is 5.91 Å². The molecule has 0 atom stereocenters. The number of benzene rings is 3. The Labute approximate surface area is 179 Å². The molecule has 0 fully saturated rings. The third-order valence-corrected chi connectivity index (χ3v) is 4.98. The number of methoxy groups -OCH3 is 1. The summed E-state index contributed by atoms with van der Waals surface area (Å²) in [6.45, 7) is -0.154. The molecule has 0 spiro atoms. The van der Waals surface area contributed by atoms with E-state index in [0.29, 0.717) is 22.8 Å². The van der Waals surface area contributed by atoms with E-state index < -0.39 is 5.69 Å². The number of para-hydroxylation sites is 2. The summed E-state index contributed by atoms with van der Waals surface area (Å²) in [4.78, 5) is 31.7. The number of amides is 1. The quantitative estimate of drug-likeness (QED) is 0.519. The number of fused-ring (bicyclic) bond motifs is 1. The molecule has 0 bridgehead atoms. The van der Waals surface area contributed by atoms with Crippen LogP contribution in [0.25, 0.3) is 10.9 Å². The Bertz CT molecular complexity index is 1290. The maximum absolute atomic E-state index is 12.9. The lowest BCUT2D eigenvalue weighted by atomic mass is 10.2. The molecule has 1 amide bonds. The van der Waals surface area contributed by atoms with Crippen molar-refractivity contribution in [1.82, 2.24) is 9.55 Å². The van der Waals surface area contributed by atoms with Gasteiger partial charge in [-0.15, -0.1) is 0 Å². The first kappa shape index (κ1) is 20.2. The van der Waals surface area contributed by atoms with Crippen molar-refractivity contribution >= 4 is 34.0 Å². The molecular weight excluding hydrogens is 392 g/mol. The Morgan fingerprint density at radius 3 is 2.55 bits per heavy atom. The molecule has 7 nitrogen and oxygen atoms in total. The Morgan fingerprint density at radius 1 is 1.03 bits per heavy atom. The molecule has 0 unspecified atom stereocenters. The zero-order chi connectivity index (χ0) is 21.8. The van der Waals surface area contributed by atoms with Gasteiger partial charge in [0.25, 0.3) is 0 Å². The molecule has 0 radical (unpaired) electrons. The number of carbonyl (C=O) groups is 1. The highest BCUT2D eigenvalue weighted by molar-refractivity contribution is 5.94. The summed E-state index contributed by atoms with van der Waals surface area (Å²) in [7, 11) is 3.43. The lowest BCUT2D eigenvalue weighted by Gasteiger charge is -2.21. The van der Waals surface area contributed by atoms with Crippen molar-refractivity contribution in [3.05, 3.63) is 89.3 Å². The molecule has 0 aliphatic heterocycles. The molecule has 0 saturated carbocycles. The van der Waals surface area contributed by atoms with Crippen LogP contribution in [0, 0.1) is 0 Å². The highest BCUT2D eigenvalue weighted by atomic mass is 16.5. The van der Waals surface area contributed by atoms with Crippen LogP contribution in [0.2, 0.25) is 0 Å². The smallest absolute Gasteiger partial charge is 0.350 e. The minimum atomic E-state index is -0.489. The first-order valence-corrected chi connectivity index (χ1v) is 9.79. The number of anilines is 3. The van der Waals surface area contributed by atoms with Crippen LogP contribution in [-0.2, 0) is 11.3 Å². The number of ether oxygens (including phenoxy) is 1. The first-order valence-electron chi connectivity index (χ1n) is 9.79. The fraction of sp³-hybridized carbons (Fsp3) is 0.125. The molecule has 3 aromatic carbocycles. The number of rotatable bonds is 6. The van der Waals surface area contributed by atoms with Gasteiger partial charge in [0, 0.05) is 29.9 Å². The summed E-state index contributed by atoms with van der Waals surface area (Å²) < 4.78 is 6.56. The largest absolute Gasteiger partial charge is 0.497 e. The SMILES string of the molecule is COc1cccc(NC(=O)Cn2c(=O)nc(N(C)c3ccccc3)c3ccccc32)c1. The van der Waals surface area contributed by atoms with Gasteiger partial charge in [-0.3, -0.25) is 9.36 Å². The summed E-state index contributed by atoms with van der Waals surface area (Å²) in [5.41, 5.74) is 1.65. The molecule has 1 N–H and O–H groups in total. The van der Waals surface area contributed by atoms with Gasteiger partial charge in [0.1, 0.15) is 18.1 Å². The summed E-state index contributed by atoms with van der Waals surface area (Å²) in [5, 5.41) is 3.58. The van der Waals surface area contributed by atoms with Crippen LogP contribution in [0.15, 0.2) is 83.7 Å². The fourth-order valence-electron chi connectivity index (χ4n) is 3.44. The highest BCUT2D eigenvalue weighted by Crippen LogP contribution is 2.27. The summed E-state index contributed by atoms with van der Waals surface area (Å²) in [6, 6.07) is 24.2. The number of aromatic nitrogens is 2. The van der Waals surface area contributed by atoms with E-state index in [9.17, 15) is 9.59 Å². The van der Waals surface area contributed by atoms with Gasteiger partial charge in [-0.2, -0.15) is 4.98 Å². The van der Waals surface area contributed by atoms with E-state index in [1.54, 1.807) is 31.4 Å². The second-order valence-electron chi connectivity index (χ2n) is 7.00. The molecule has 1 aromatic heterocycles. The fourth-order valence-corrected chi connectivity index (χ4v) is 3.44. The van der Waals surface area contributed by atoms with Crippen LogP contribution < -0.4 is 20.6 Å². The van der Waals surface area contributed by atoms with Crippen LogP contribution in [0.1, 0.15) is 0 Å². The molecule has 7 heteroatoms. The first-order chi connectivity index (χ1) is 15.1. The second-order valence-corrected chi connectivity index (χ2v) is 7.00. The van der Waals surface area contributed by atoms with Crippen LogP contribution in [0.4, 0.5) is 17.2 Å². The maximum Gasteiger partial charge on any atom is 0.350 e. The standard InChI is InChI=1S/C24H22N4O3/c1-27(18-10-4-3-5-11-18)23-20-13-6-7-14-21(20)28(24(30)26-23)16-22(29)25-17-9-8-12-19(15-17)31-2/h3-15H,16H2,1-2H3,(H,25,29). The van der Waals surface area contributed by atoms with Gasteiger partial charge in [-0.25, -0.2) is 4.79 Å². The monoisotopic (exact) mass is 414 g/mol. The Morgan fingerprint density at radius 2 is 1.77 bits per heavy atom. The molecule has 1 heterocycles. The number of hydrogen-bond acceptors (Lipinski definition) is 5. The Balaban J connectivity index is 1.68. The van der Waals surface area contributed by atoms with E-state index in [-0.39, 0.29) is 12.5 Å². The van der Waals surface area contributed by atoms with Crippen molar-refractivity contribution in [2.24, 2.45) is 0 Å². The maximum atomic E-state index is 12.9. The summed E-state index contributed by atoms with van der Waals surface area (Å²) >= 11 is 0. The van der Waals surface area contributed by atoms with E-state index in [2.05, 4.69) is 10.3 Å². The van der Waals surface area contributed by atoms with E-state index >= 15 is 0 Å². The summed E-state index contributed by atoms with van der Waals surface area (Å²) in [5.74, 6) is 0.845. The third-order valence-electron chi connectivity index (χ3n) is 4.98. The number of nitrogens with zero attached hydrogens (tertiary/aromatic N) is 3. The minimum absolute atomic E-state index is 0.154.